The smallest absolute Gasteiger partial charge is 0.407 e. The lowest BCUT2D eigenvalue weighted by atomic mass is 10.0. The van der Waals surface area contributed by atoms with Crippen molar-refractivity contribution in [3.05, 3.63) is 58.0 Å². The molecule has 0 aliphatic rings. The highest BCUT2D eigenvalue weighted by atomic mass is 32.1. The molecule has 4 amide bonds. The van der Waals surface area contributed by atoms with Gasteiger partial charge in [0.25, 0.3) is 0 Å². The Morgan fingerprint density at radius 1 is 1.16 bits per heavy atom. The quantitative estimate of drug-likeness (QED) is 0.616. The number of nitrogens with one attached hydrogen (secondary N) is 2. The highest BCUT2D eigenvalue weighted by Gasteiger charge is 2.27. The third-order valence-corrected chi connectivity index (χ3v) is 5.42. The van der Waals surface area contributed by atoms with E-state index in [4.69, 9.17) is 4.74 Å². The van der Waals surface area contributed by atoms with Crippen LogP contribution in [0.4, 0.5) is 14.0 Å². The van der Waals surface area contributed by atoms with E-state index in [0.717, 1.165) is 9.78 Å². The standard InChI is InChI=1S/C23H30FN3O4S/c1-23(2,3)31-22(30)26-17(14-16-8-5-6-10-19(16)24)15-20(28)27(21(29)25-4)12-11-18-9-7-13-32-18/h5-10,13,17H,11-12,14-15H2,1-4H3,(H,25,29)(H,26,30)/t17-/m1/s1. The average Bonchev–Trinajstić information content (AvgIpc) is 3.21. The predicted molar refractivity (Wildman–Crippen MR) is 122 cm³/mol. The monoisotopic (exact) mass is 463 g/mol. The van der Waals surface area contributed by atoms with E-state index < -0.39 is 35.5 Å². The number of thiophene rings is 1. The van der Waals surface area contributed by atoms with Gasteiger partial charge in [0.2, 0.25) is 5.91 Å². The second kappa shape index (κ2) is 11.6. The van der Waals surface area contributed by atoms with Gasteiger partial charge in [-0.15, -0.1) is 11.3 Å². The minimum atomic E-state index is -0.761. The van der Waals surface area contributed by atoms with Crippen molar-refractivity contribution in [3.8, 4) is 0 Å². The van der Waals surface area contributed by atoms with Crippen molar-refractivity contribution in [2.24, 2.45) is 0 Å². The van der Waals surface area contributed by atoms with Crippen molar-refractivity contribution in [3.63, 3.8) is 0 Å². The van der Waals surface area contributed by atoms with Gasteiger partial charge in [0.05, 0.1) is 0 Å². The van der Waals surface area contributed by atoms with Crippen molar-refractivity contribution < 1.29 is 23.5 Å². The lowest BCUT2D eigenvalue weighted by molar-refractivity contribution is -0.128. The molecule has 32 heavy (non-hydrogen) atoms. The molecule has 0 spiro atoms. The molecule has 0 fully saturated rings. The lowest BCUT2D eigenvalue weighted by Gasteiger charge is -2.26. The minimum Gasteiger partial charge on any atom is -0.444 e. The van der Waals surface area contributed by atoms with E-state index in [1.807, 2.05) is 17.5 Å². The van der Waals surface area contributed by atoms with Crippen LogP contribution in [0.1, 0.15) is 37.6 Å². The fourth-order valence-corrected chi connectivity index (χ4v) is 3.75. The summed E-state index contributed by atoms with van der Waals surface area (Å²) >= 11 is 1.54. The summed E-state index contributed by atoms with van der Waals surface area (Å²) in [6, 6.07) is 8.71. The number of rotatable bonds is 8. The summed E-state index contributed by atoms with van der Waals surface area (Å²) in [7, 11) is 1.45. The van der Waals surface area contributed by atoms with E-state index >= 15 is 0 Å². The number of carbonyl (C=O) groups is 3. The fraction of sp³-hybridized carbons (Fsp3) is 0.435. The van der Waals surface area contributed by atoms with Gasteiger partial charge in [-0.05, 0) is 56.7 Å². The number of hydrogen-bond donors (Lipinski definition) is 2. The zero-order valence-corrected chi connectivity index (χ0v) is 19.6. The molecule has 0 saturated heterocycles. The maximum Gasteiger partial charge on any atom is 0.407 e. The summed E-state index contributed by atoms with van der Waals surface area (Å²) in [5, 5.41) is 7.06. The van der Waals surface area contributed by atoms with Crippen molar-refractivity contribution >= 4 is 29.4 Å². The maximum atomic E-state index is 14.2. The molecule has 1 atom stereocenters. The van der Waals surface area contributed by atoms with Crippen LogP contribution in [-0.2, 0) is 22.4 Å². The Kier molecular flexibility index (Phi) is 9.19. The van der Waals surface area contributed by atoms with Crippen LogP contribution >= 0.6 is 11.3 Å². The zero-order valence-electron chi connectivity index (χ0n) is 18.8. The van der Waals surface area contributed by atoms with Crippen LogP contribution in [0.3, 0.4) is 0 Å². The molecule has 2 aromatic rings. The average molecular weight is 464 g/mol. The van der Waals surface area contributed by atoms with Crippen LogP contribution in [0.25, 0.3) is 0 Å². The number of alkyl carbamates (subject to hydrolysis) is 1. The number of imide groups is 1. The van der Waals surface area contributed by atoms with Gasteiger partial charge in [-0.25, -0.2) is 14.0 Å². The molecule has 0 unspecified atom stereocenters. The molecule has 1 heterocycles. The molecule has 174 valence electrons. The van der Waals surface area contributed by atoms with Gasteiger partial charge in [0, 0.05) is 30.9 Å². The van der Waals surface area contributed by atoms with Crippen LogP contribution in [0.2, 0.25) is 0 Å². The number of nitrogens with zero attached hydrogens (tertiary/aromatic N) is 1. The van der Waals surface area contributed by atoms with E-state index in [1.54, 1.807) is 50.3 Å². The van der Waals surface area contributed by atoms with Crippen LogP contribution in [-0.4, -0.2) is 48.2 Å². The van der Waals surface area contributed by atoms with Crippen molar-refractivity contribution in [1.29, 1.82) is 0 Å². The van der Waals surface area contributed by atoms with E-state index in [9.17, 15) is 18.8 Å². The fourth-order valence-electron chi connectivity index (χ4n) is 3.05. The molecule has 2 rings (SSSR count). The third-order valence-electron chi connectivity index (χ3n) is 4.49. The Morgan fingerprint density at radius 3 is 2.47 bits per heavy atom. The number of carbonyl (C=O) groups excluding carboxylic acids is 3. The lowest BCUT2D eigenvalue weighted by Crippen LogP contribution is -2.48. The highest BCUT2D eigenvalue weighted by molar-refractivity contribution is 7.09. The number of amides is 4. The molecule has 9 heteroatoms. The Bertz CT molecular complexity index is 912. The summed E-state index contributed by atoms with van der Waals surface area (Å²) < 4.78 is 19.5. The number of urea groups is 1. The minimum absolute atomic E-state index is 0.0736. The third kappa shape index (κ3) is 8.30. The molecular formula is C23H30FN3O4S. The van der Waals surface area contributed by atoms with Crippen molar-refractivity contribution in [2.75, 3.05) is 13.6 Å². The van der Waals surface area contributed by atoms with E-state index in [-0.39, 0.29) is 19.4 Å². The predicted octanol–water partition coefficient (Wildman–Crippen LogP) is 4.12. The molecule has 0 aliphatic carbocycles. The summed E-state index contributed by atoms with van der Waals surface area (Å²) in [5.41, 5.74) is -0.377. The molecule has 1 aromatic heterocycles. The van der Waals surface area contributed by atoms with Crippen LogP contribution in [0.5, 0.6) is 0 Å². The molecule has 0 saturated carbocycles. The first-order valence-electron chi connectivity index (χ1n) is 10.4. The summed E-state index contributed by atoms with van der Waals surface area (Å²) in [5.74, 6) is -0.907. The van der Waals surface area contributed by atoms with Crippen molar-refractivity contribution in [2.45, 2.75) is 51.7 Å². The highest BCUT2D eigenvalue weighted by Crippen LogP contribution is 2.15. The van der Waals surface area contributed by atoms with Gasteiger partial charge >= 0.3 is 12.1 Å². The Morgan fingerprint density at radius 2 is 1.88 bits per heavy atom. The van der Waals surface area contributed by atoms with Gasteiger partial charge in [-0.1, -0.05) is 24.3 Å². The second-order valence-corrected chi connectivity index (χ2v) is 9.30. The van der Waals surface area contributed by atoms with Crippen LogP contribution in [0, 0.1) is 5.82 Å². The Hall–Kier alpha value is -2.94. The maximum absolute atomic E-state index is 14.2. The van der Waals surface area contributed by atoms with Gasteiger partial charge in [-0.3, -0.25) is 9.69 Å². The molecule has 2 N–H and O–H groups in total. The second-order valence-electron chi connectivity index (χ2n) is 8.27. The summed E-state index contributed by atoms with van der Waals surface area (Å²) in [4.78, 5) is 39.9. The van der Waals surface area contributed by atoms with Crippen molar-refractivity contribution in [1.82, 2.24) is 15.5 Å². The first-order chi connectivity index (χ1) is 15.1. The van der Waals surface area contributed by atoms with E-state index in [0.29, 0.717) is 12.0 Å². The first kappa shape index (κ1) is 25.3. The van der Waals surface area contributed by atoms with E-state index in [2.05, 4.69) is 10.6 Å². The molecular weight excluding hydrogens is 433 g/mol. The van der Waals surface area contributed by atoms with Gasteiger partial charge in [0.1, 0.15) is 11.4 Å². The van der Waals surface area contributed by atoms with Crippen LogP contribution in [0.15, 0.2) is 41.8 Å². The van der Waals surface area contributed by atoms with Gasteiger partial charge in [0.15, 0.2) is 0 Å². The molecule has 7 nitrogen and oxygen atoms in total. The first-order valence-corrected chi connectivity index (χ1v) is 11.2. The Balaban J connectivity index is 2.16. The number of benzene rings is 1. The van der Waals surface area contributed by atoms with Gasteiger partial charge < -0.3 is 15.4 Å². The summed E-state index contributed by atoms with van der Waals surface area (Å²) in [6.07, 6.45) is -0.305. The molecule has 0 bridgehead atoms. The van der Waals surface area contributed by atoms with E-state index in [1.165, 1.54) is 13.1 Å². The summed E-state index contributed by atoms with van der Waals surface area (Å²) in [6.45, 7) is 5.36. The number of ether oxygens (including phenoxy) is 1. The molecule has 1 aromatic carbocycles. The number of halogens is 1. The molecule has 0 aliphatic heterocycles. The SMILES string of the molecule is CNC(=O)N(CCc1cccs1)C(=O)C[C@@H](Cc1ccccc1F)NC(=O)OC(C)(C)C. The topological polar surface area (TPSA) is 87.7 Å². The zero-order chi connectivity index (χ0) is 23.7. The normalized spacial score (nSPS) is 12.0. The van der Waals surface area contributed by atoms with Crippen LogP contribution < -0.4 is 10.6 Å². The number of hydrogen-bond acceptors (Lipinski definition) is 5. The largest absolute Gasteiger partial charge is 0.444 e. The Labute approximate surface area is 191 Å². The molecule has 0 radical (unpaired) electrons. The van der Waals surface area contributed by atoms with Gasteiger partial charge in [-0.2, -0.15) is 0 Å².